The number of H-pyrrole nitrogens is 1. The average molecular weight is 277 g/mol. The number of rotatable bonds is 1. The zero-order valence-corrected chi connectivity index (χ0v) is 11.0. The van der Waals surface area contributed by atoms with Crippen LogP contribution in [0.5, 0.6) is 0 Å². The molecule has 1 aliphatic rings. The van der Waals surface area contributed by atoms with E-state index in [2.05, 4.69) is 9.97 Å². The number of nitrogens with one attached hydrogen (secondary N) is 1. The number of amides is 1. The van der Waals surface area contributed by atoms with Gasteiger partial charge < -0.3 is 19.4 Å². The number of aromatic nitrogens is 2. The highest BCUT2D eigenvalue weighted by Crippen LogP contribution is 2.23. The van der Waals surface area contributed by atoms with Gasteiger partial charge >= 0.3 is 0 Å². The number of aryl methyl sites for hydroxylation is 1. The Balaban J connectivity index is 2.03. The fraction of sp³-hybridized carbons (Fsp3) is 0.462. The van der Waals surface area contributed by atoms with E-state index in [-0.39, 0.29) is 34.2 Å². The molecule has 0 unspecified atom stereocenters. The van der Waals surface area contributed by atoms with Crippen LogP contribution in [0.25, 0.3) is 11.1 Å². The molecule has 0 radical (unpaired) electrons. The van der Waals surface area contributed by atoms with Crippen LogP contribution in [0.3, 0.4) is 0 Å². The van der Waals surface area contributed by atoms with Crippen LogP contribution in [-0.2, 0) is 0 Å². The average Bonchev–Trinajstić information content (AvgIpc) is 2.76. The van der Waals surface area contributed by atoms with Gasteiger partial charge in [-0.05, 0) is 19.8 Å². The number of carbonyl (C=O) groups is 1. The summed E-state index contributed by atoms with van der Waals surface area (Å²) >= 11 is 0. The van der Waals surface area contributed by atoms with Crippen molar-refractivity contribution in [2.75, 3.05) is 13.1 Å². The number of aliphatic hydroxyl groups excluding tert-OH is 1. The van der Waals surface area contributed by atoms with Gasteiger partial charge in [0, 0.05) is 13.1 Å². The number of aliphatic hydroxyl groups is 1. The van der Waals surface area contributed by atoms with Gasteiger partial charge in [-0.25, -0.2) is 4.98 Å². The number of aromatic amines is 1. The summed E-state index contributed by atoms with van der Waals surface area (Å²) in [6, 6.07) is 0. The molecular formula is C13H15N3O4. The third kappa shape index (κ3) is 2.00. The van der Waals surface area contributed by atoms with Crippen molar-refractivity contribution in [2.24, 2.45) is 0 Å². The predicted molar refractivity (Wildman–Crippen MR) is 70.5 cm³/mol. The van der Waals surface area contributed by atoms with Crippen LogP contribution < -0.4 is 5.56 Å². The molecule has 7 heteroatoms. The molecule has 0 spiro atoms. The molecule has 0 atom stereocenters. The molecule has 3 rings (SSSR count). The summed E-state index contributed by atoms with van der Waals surface area (Å²) in [5, 5.41) is 9.68. The molecular weight excluding hydrogens is 262 g/mol. The van der Waals surface area contributed by atoms with Gasteiger partial charge in [-0.15, -0.1) is 0 Å². The minimum Gasteiger partial charge on any atom is -0.442 e. The summed E-state index contributed by atoms with van der Waals surface area (Å²) in [7, 11) is 0. The fourth-order valence-corrected chi connectivity index (χ4v) is 2.54. The van der Waals surface area contributed by atoms with Crippen molar-refractivity contribution in [3.8, 4) is 0 Å². The van der Waals surface area contributed by atoms with E-state index in [1.54, 1.807) is 11.8 Å². The van der Waals surface area contributed by atoms with Crippen molar-refractivity contribution in [3.05, 3.63) is 28.0 Å². The molecule has 1 saturated heterocycles. The topological polar surface area (TPSA) is 99.4 Å². The molecule has 1 fully saturated rings. The van der Waals surface area contributed by atoms with Crippen LogP contribution in [0.4, 0.5) is 0 Å². The highest BCUT2D eigenvalue weighted by atomic mass is 16.3. The van der Waals surface area contributed by atoms with Gasteiger partial charge in [-0.1, -0.05) is 0 Å². The van der Waals surface area contributed by atoms with Crippen molar-refractivity contribution < 1.29 is 14.3 Å². The van der Waals surface area contributed by atoms with E-state index in [0.29, 0.717) is 31.7 Å². The second kappa shape index (κ2) is 4.75. The third-order valence-corrected chi connectivity index (χ3v) is 3.64. The molecule has 0 saturated carbocycles. The number of hydrogen-bond acceptors (Lipinski definition) is 5. The molecule has 0 aliphatic carbocycles. The first-order valence-corrected chi connectivity index (χ1v) is 6.52. The van der Waals surface area contributed by atoms with Gasteiger partial charge in [0.1, 0.15) is 11.1 Å². The van der Waals surface area contributed by atoms with Crippen LogP contribution in [0, 0.1) is 6.92 Å². The fourth-order valence-electron chi connectivity index (χ4n) is 2.54. The Hall–Kier alpha value is -2.15. The van der Waals surface area contributed by atoms with Crippen LogP contribution in [0.2, 0.25) is 0 Å². The summed E-state index contributed by atoms with van der Waals surface area (Å²) in [4.78, 5) is 32.5. The Morgan fingerprint density at radius 3 is 2.90 bits per heavy atom. The maximum atomic E-state index is 12.6. The maximum absolute atomic E-state index is 12.6. The lowest BCUT2D eigenvalue weighted by atomic mass is 10.1. The molecule has 0 aromatic carbocycles. The normalized spacial score (nSPS) is 16.8. The lowest BCUT2D eigenvalue weighted by Gasteiger charge is -2.29. The largest absolute Gasteiger partial charge is 0.442 e. The Morgan fingerprint density at radius 2 is 2.20 bits per heavy atom. The highest BCUT2D eigenvalue weighted by molar-refractivity contribution is 6.06. The lowest BCUT2D eigenvalue weighted by molar-refractivity contribution is 0.0546. The van der Waals surface area contributed by atoms with E-state index < -0.39 is 0 Å². The van der Waals surface area contributed by atoms with Crippen LogP contribution in [0.1, 0.15) is 29.0 Å². The van der Waals surface area contributed by atoms with Gasteiger partial charge in [-0.3, -0.25) is 9.59 Å². The van der Waals surface area contributed by atoms with Gasteiger partial charge in [0.05, 0.1) is 18.0 Å². The minimum atomic E-state index is -0.382. The standard InChI is InChI=1S/C13H15N3O4/c1-7-9(10-11(18)14-6-15-12(10)20-7)13(19)16-4-2-8(17)3-5-16/h6,8,17H,2-5H2,1H3,(H,14,15,18). The number of likely N-dealkylation sites (tertiary alicyclic amines) is 1. The van der Waals surface area contributed by atoms with Gasteiger partial charge in [0.15, 0.2) is 0 Å². The van der Waals surface area contributed by atoms with Crippen molar-refractivity contribution in [2.45, 2.75) is 25.9 Å². The van der Waals surface area contributed by atoms with Crippen molar-refractivity contribution in [1.82, 2.24) is 14.9 Å². The van der Waals surface area contributed by atoms with Crippen molar-refractivity contribution in [3.63, 3.8) is 0 Å². The van der Waals surface area contributed by atoms with Crippen LogP contribution in [-0.4, -0.2) is 45.1 Å². The summed E-state index contributed by atoms with van der Waals surface area (Å²) in [5.41, 5.74) is 0.0598. The molecule has 2 N–H and O–H groups in total. The second-order valence-corrected chi connectivity index (χ2v) is 4.97. The molecule has 106 valence electrons. The zero-order valence-electron chi connectivity index (χ0n) is 11.0. The van der Waals surface area contributed by atoms with Gasteiger partial charge in [-0.2, -0.15) is 0 Å². The van der Waals surface area contributed by atoms with E-state index in [1.807, 2.05) is 0 Å². The molecule has 1 amide bonds. The van der Waals surface area contributed by atoms with Gasteiger partial charge in [0.2, 0.25) is 5.71 Å². The molecule has 20 heavy (non-hydrogen) atoms. The first-order chi connectivity index (χ1) is 9.58. The minimum absolute atomic E-state index is 0.173. The van der Waals surface area contributed by atoms with E-state index >= 15 is 0 Å². The monoisotopic (exact) mass is 277 g/mol. The molecule has 2 aromatic rings. The first-order valence-electron chi connectivity index (χ1n) is 6.52. The predicted octanol–water partition coefficient (Wildman–Crippen LogP) is 0.421. The molecule has 1 aliphatic heterocycles. The van der Waals surface area contributed by atoms with E-state index in [1.165, 1.54) is 6.33 Å². The highest BCUT2D eigenvalue weighted by Gasteiger charge is 2.28. The molecule has 7 nitrogen and oxygen atoms in total. The zero-order chi connectivity index (χ0) is 14.3. The van der Waals surface area contributed by atoms with E-state index in [9.17, 15) is 14.7 Å². The number of piperidine rings is 1. The SMILES string of the molecule is Cc1oc2nc[nH]c(=O)c2c1C(=O)N1CCC(O)CC1. The first kappa shape index (κ1) is 12.9. The Morgan fingerprint density at radius 1 is 1.50 bits per heavy atom. The Labute approximate surface area is 114 Å². The Bertz CT molecular complexity index is 710. The van der Waals surface area contributed by atoms with Crippen molar-refractivity contribution >= 4 is 17.0 Å². The third-order valence-electron chi connectivity index (χ3n) is 3.64. The molecule has 3 heterocycles. The number of furan rings is 1. The van der Waals surface area contributed by atoms with E-state index in [0.717, 1.165) is 0 Å². The quantitative estimate of drug-likeness (QED) is 0.787. The van der Waals surface area contributed by atoms with Crippen LogP contribution >= 0.6 is 0 Å². The summed E-state index contributed by atoms with van der Waals surface area (Å²) in [6.45, 7) is 2.60. The van der Waals surface area contributed by atoms with Gasteiger partial charge in [0.25, 0.3) is 11.5 Å². The smallest absolute Gasteiger partial charge is 0.262 e. The lowest BCUT2D eigenvalue weighted by Crippen LogP contribution is -2.40. The number of carbonyl (C=O) groups excluding carboxylic acids is 1. The number of hydrogen-bond donors (Lipinski definition) is 2. The number of fused-ring (bicyclic) bond motifs is 1. The van der Waals surface area contributed by atoms with Crippen LogP contribution in [0.15, 0.2) is 15.5 Å². The van der Waals surface area contributed by atoms with E-state index in [4.69, 9.17) is 4.42 Å². The summed E-state index contributed by atoms with van der Waals surface area (Å²) in [6.07, 6.45) is 2.00. The second-order valence-electron chi connectivity index (χ2n) is 4.97. The maximum Gasteiger partial charge on any atom is 0.262 e. The summed E-state index contributed by atoms with van der Waals surface area (Å²) < 4.78 is 5.38. The van der Waals surface area contributed by atoms with Crippen molar-refractivity contribution in [1.29, 1.82) is 0 Å². The summed E-state index contributed by atoms with van der Waals surface area (Å²) in [5.74, 6) is 0.145. The number of nitrogens with zero attached hydrogens (tertiary/aromatic N) is 2. The molecule has 2 aromatic heterocycles. The molecule has 0 bridgehead atoms. The Kier molecular flexibility index (Phi) is 3.06.